The number of hydrogen-bond acceptors (Lipinski definition) is 3. The molecule has 0 radical (unpaired) electrons. The number of rotatable bonds is 3. The zero-order valence-corrected chi connectivity index (χ0v) is 13.5. The van der Waals surface area contributed by atoms with Crippen LogP contribution >= 0.6 is 34.5 Å². The summed E-state index contributed by atoms with van der Waals surface area (Å²) in [4.78, 5) is 16.3. The summed E-state index contributed by atoms with van der Waals surface area (Å²) in [6.45, 7) is 0. The number of hydrogen-bond donors (Lipinski definition) is 1. The van der Waals surface area contributed by atoms with E-state index in [0.29, 0.717) is 20.7 Å². The molecule has 0 saturated heterocycles. The molecule has 0 atom stereocenters. The van der Waals surface area contributed by atoms with Gasteiger partial charge in [-0.05, 0) is 30.3 Å². The van der Waals surface area contributed by atoms with Gasteiger partial charge in [0, 0.05) is 21.7 Å². The molecule has 0 unspecified atom stereocenters. The number of amides is 1. The molecule has 0 aliphatic rings. The van der Waals surface area contributed by atoms with Gasteiger partial charge in [0.1, 0.15) is 0 Å². The summed E-state index contributed by atoms with van der Waals surface area (Å²) in [6, 6.07) is 12.9. The number of carbonyl (C=O) groups excluding carboxylic acids is 1. The molecule has 22 heavy (non-hydrogen) atoms. The summed E-state index contributed by atoms with van der Waals surface area (Å²) in [5, 5.41) is 4.29. The zero-order chi connectivity index (χ0) is 15.5. The van der Waals surface area contributed by atoms with Gasteiger partial charge in [-0.15, -0.1) is 0 Å². The van der Waals surface area contributed by atoms with Crippen LogP contribution in [0.3, 0.4) is 0 Å². The number of para-hydroxylation sites is 1. The Morgan fingerprint density at radius 3 is 2.55 bits per heavy atom. The molecule has 3 aromatic rings. The number of halogens is 2. The average Bonchev–Trinajstić information content (AvgIpc) is 2.88. The standard InChI is InChI=1S/C16H10Cl2N2OS/c17-11-4-3-5-12(18)10(11)8-9-15(21)20-16-19-13-6-1-2-7-14(13)22-16/h1-9H,(H,19,20,21). The van der Waals surface area contributed by atoms with Crippen LogP contribution in [0.15, 0.2) is 48.5 Å². The summed E-state index contributed by atoms with van der Waals surface area (Å²) in [5.74, 6) is -0.282. The number of anilines is 1. The molecule has 0 fully saturated rings. The quantitative estimate of drug-likeness (QED) is 0.656. The maximum Gasteiger partial charge on any atom is 0.250 e. The van der Waals surface area contributed by atoms with Crippen molar-refractivity contribution in [1.82, 2.24) is 4.98 Å². The fraction of sp³-hybridized carbons (Fsp3) is 0. The second-order valence-corrected chi connectivity index (χ2v) is 6.29. The van der Waals surface area contributed by atoms with Crippen molar-refractivity contribution >= 4 is 61.9 Å². The van der Waals surface area contributed by atoms with E-state index in [-0.39, 0.29) is 5.91 Å². The van der Waals surface area contributed by atoms with E-state index in [2.05, 4.69) is 10.3 Å². The van der Waals surface area contributed by atoms with E-state index in [9.17, 15) is 4.79 Å². The largest absolute Gasteiger partial charge is 0.298 e. The molecule has 110 valence electrons. The van der Waals surface area contributed by atoms with E-state index in [1.165, 1.54) is 17.4 Å². The van der Waals surface area contributed by atoms with E-state index in [4.69, 9.17) is 23.2 Å². The van der Waals surface area contributed by atoms with Crippen molar-refractivity contribution in [3.63, 3.8) is 0 Å². The lowest BCUT2D eigenvalue weighted by atomic mass is 10.2. The van der Waals surface area contributed by atoms with Crippen molar-refractivity contribution in [2.45, 2.75) is 0 Å². The van der Waals surface area contributed by atoms with Crippen LogP contribution in [-0.4, -0.2) is 10.9 Å². The molecule has 3 rings (SSSR count). The van der Waals surface area contributed by atoms with Crippen LogP contribution in [0.25, 0.3) is 16.3 Å². The highest BCUT2D eigenvalue weighted by Crippen LogP contribution is 2.27. The molecule has 1 aromatic heterocycles. The van der Waals surface area contributed by atoms with Crippen LogP contribution in [-0.2, 0) is 4.79 Å². The first-order valence-corrected chi connectivity index (χ1v) is 7.99. The third-order valence-corrected chi connectivity index (χ3v) is 4.54. The van der Waals surface area contributed by atoms with Crippen molar-refractivity contribution in [3.05, 3.63) is 64.1 Å². The van der Waals surface area contributed by atoms with E-state index in [0.717, 1.165) is 10.2 Å². The highest BCUT2D eigenvalue weighted by Gasteiger charge is 2.06. The highest BCUT2D eigenvalue weighted by molar-refractivity contribution is 7.22. The lowest BCUT2D eigenvalue weighted by molar-refractivity contribution is -0.111. The molecule has 1 heterocycles. The van der Waals surface area contributed by atoms with Gasteiger partial charge in [0.2, 0.25) is 5.91 Å². The summed E-state index contributed by atoms with van der Waals surface area (Å²) in [7, 11) is 0. The SMILES string of the molecule is O=C(C=Cc1c(Cl)cccc1Cl)Nc1nc2ccccc2s1. The van der Waals surface area contributed by atoms with Crippen molar-refractivity contribution in [2.75, 3.05) is 5.32 Å². The van der Waals surface area contributed by atoms with Gasteiger partial charge >= 0.3 is 0 Å². The maximum absolute atomic E-state index is 12.0. The Balaban J connectivity index is 1.76. The molecule has 0 saturated carbocycles. The van der Waals surface area contributed by atoms with Gasteiger partial charge in [-0.3, -0.25) is 10.1 Å². The molecule has 1 N–H and O–H groups in total. The van der Waals surface area contributed by atoms with Gasteiger partial charge in [0.15, 0.2) is 5.13 Å². The minimum Gasteiger partial charge on any atom is -0.298 e. The van der Waals surface area contributed by atoms with E-state index < -0.39 is 0 Å². The number of nitrogens with zero attached hydrogens (tertiary/aromatic N) is 1. The molecule has 6 heteroatoms. The normalized spacial score (nSPS) is 11.2. The average molecular weight is 349 g/mol. The van der Waals surface area contributed by atoms with E-state index >= 15 is 0 Å². The smallest absolute Gasteiger partial charge is 0.250 e. The second kappa shape index (κ2) is 6.48. The molecule has 3 nitrogen and oxygen atoms in total. The summed E-state index contributed by atoms with van der Waals surface area (Å²) < 4.78 is 1.02. The summed E-state index contributed by atoms with van der Waals surface area (Å²) >= 11 is 13.5. The summed E-state index contributed by atoms with van der Waals surface area (Å²) in [6.07, 6.45) is 2.98. The van der Waals surface area contributed by atoms with Crippen LogP contribution in [0.1, 0.15) is 5.56 Å². The molecule has 0 aliphatic carbocycles. The molecule has 0 aliphatic heterocycles. The minimum absolute atomic E-state index is 0.282. The Morgan fingerprint density at radius 1 is 1.09 bits per heavy atom. The number of aromatic nitrogens is 1. The van der Waals surface area contributed by atoms with Crippen LogP contribution in [0.5, 0.6) is 0 Å². The maximum atomic E-state index is 12.0. The van der Waals surface area contributed by atoms with Gasteiger partial charge in [0.05, 0.1) is 10.2 Å². The first kappa shape index (κ1) is 15.0. The monoisotopic (exact) mass is 348 g/mol. The predicted octanol–water partition coefficient (Wildman–Crippen LogP) is 5.26. The molecule has 0 bridgehead atoms. The van der Waals surface area contributed by atoms with Crippen molar-refractivity contribution < 1.29 is 4.79 Å². The van der Waals surface area contributed by atoms with Crippen LogP contribution in [0.2, 0.25) is 10.0 Å². The second-order valence-electron chi connectivity index (χ2n) is 4.44. The lowest BCUT2D eigenvalue weighted by Gasteiger charge is -2.00. The van der Waals surface area contributed by atoms with Gasteiger partial charge in [-0.2, -0.15) is 0 Å². The van der Waals surface area contributed by atoms with Crippen molar-refractivity contribution in [2.24, 2.45) is 0 Å². The molecule has 0 spiro atoms. The number of nitrogens with one attached hydrogen (secondary N) is 1. The Bertz CT molecular complexity index is 820. The Hall–Kier alpha value is -1.88. The topological polar surface area (TPSA) is 42.0 Å². The van der Waals surface area contributed by atoms with Gasteiger partial charge in [-0.25, -0.2) is 4.98 Å². The molecule has 1 amide bonds. The van der Waals surface area contributed by atoms with Crippen LogP contribution in [0, 0.1) is 0 Å². The van der Waals surface area contributed by atoms with E-state index in [1.54, 1.807) is 24.3 Å². The van der Waals surface area contributed by atoms with Gasteiger partial charge < -0.3 is 0 Å². The summed E-state index contributed by atoms with van der Waals surface area (Å²) in [5.41, 5.74) is 1.48. The Morgan fingerprint density at radius 2 is 1.82 bits per heavy atom. The minimum atomic E-state index is -0.282. The first-order chi connectivity index (χ1) is 10.6. The number of thiazole rings is 1. The number of carbonyl (C=O) groups is 1. The third kappa shape index (κ3) is 3.30. The molecule has 2 aromatic carbocycles. The first-order valence-electron chi connectivity index (χ1n) is 6.42. The van der Waals surface area contributed by atoms with Crippen molar-refractivity contribution in [1.29, 1.82) is 0 Å². The zero-order valence-electron chi connectivity index (χ0n) is 11.2. The molecular formula is C16H10Cl2N2OS. The highest BCUT2D eigenvalue weighted by atomic mass is 35.5. The number of benzene rings is 2. The lowest BCUT2D eigenvalue weighted by Crippen LogP contribution is -2.07. The van der Waals surface area contributed by atoms with E-state index in [1.807, 2.05) is 24.3 Å². The third-order valence-electron chi connectivity index (χ3n) is 2.93. The van der Waals surface area contributed by atoms with Gasteiger partial charge in [-0.1, -0.05) is 52.7 Å². The number of fused-ring (bicyclic) bond motifs is 1. The van der Waals surface area contributed by atoms with Crippen molar-refractivity contribution in [3.8, 4) is 0 Å². The predicted molar refractivity (Wildman–Crippen MR) is 93.7 cm³/mol. The Kier molecular flexibility index (Phi) is 4.43. The fourth-order valence-corrected chi connectivity index (χ4v) is 3.29. The van der Waals surface area contributed by atoms with Gasteiger partial charge in [0.25, 0.3) is 0 Å². The Labute approximate surface area is 141 Å². The van der Waals surface area contributed by atoms with Crippen LogP contribution < -0.4 is 5.32 Å². The van der Waals surface area contributed by atoms with Crippen LogP contribution in [0.4, 0.5) is 5.13 Å². The fourth-order valence-electron chi connectivity index (χ4n) is 1.90. The molecular weight excluding hydrogens is 339 g/mol.